The van der Waals surface area contributed by atoms with Crippen LogP contribution in [0.3, 0.4) is 0 Å². The molecule has 0 heteroatoms. The van der Waals surface area contributed by atoms with Gasteiger partial charge in [0.05, 0.1) is 0 Å². The Bertz CT molecular complexity index is 400. The van der Waals surface area contributed by atoms with Crippen LogP contribution in [0.2, 0.25) is 0 Å². The largest absolute Gasteiger partial charge is 0.0985 e. The van der Waals surface area contributed by atoms with Gasteiger partial charge in [-0.15, -0.1) is 0 Å². The second-order valence-electron chi connectivity index (χ2n) is 3.55. The lowest BCUT2D eigenvalue weighted by Crippen LogP contribution is -1.90. The van der Waals surface area contributed by atoms with Gasteiger partial charge >= 0.3 is 0 Å². The molecule has 0 unspecified atom stereocenters. The van der Waals surface area contributed by atoms with Crippen molar-refractivity contribution in [2.45, 2.75) is 5.92 Å². The highest BCUT2D eigenvalue weighted by Crippen LogP contribution is 2.21. The van der Waals surface area contributed by atoms with Gasteiger partial charge in [-0.3, -0.25) is 0 Å². The summed E-state index contributed by atoms with van der Waals surface area (Å²) < 4.78 is 0. The van der Waals surface area contributed by atoms with Crippen LogP contribution in [0, 0.1) is 0 Å². The van der Waals surface area contributed by atoms with Crippen molar-refractivity contribution in [2.24, 2.45) is 0 Å². The first-order valence-electron chi connectivity index (χ1n) is 5.14. The van der Waals surface area contributed by atoms with E-state index >= 15 is 0 Å². The van der Waals surface area contributed by atoms with E-state index in [1.807, 2.05) is 6.08 Å². The van der Waals surface area contributed by atoms with Crippen LogP contribution in [-0.4, -0.2) is 0 Å². The standard InChI is InChI=1S/C15H14/c1-2-13-9-11-15(12-10-13)14-7-5-3-4-6-8-14/h2-12,14H,1H2. The van der Waals surface area contributed by atoms with Gasteiger partial charge in [0.1, 0.15) is 0 Å². The van der Waals surface area contributed by atoms with Gasteiger partial charge < -0.3 is 0 Å². The Morgan fingerprint density at radius 3 is 2.00 bits per heavy atom. The normalized spacial score (nSPS) is 15.2. The van der Waals surface area contributed by atoms with Gasteiger partial charge in [-0.05, 0) is 11.1 Å². The maximum atomic E-state index is 3.75. The van der Waals surface area contributed by atoms with Gasteiger partial charge in [0.2, 0.25) is 0 Å². The van der Waals surface area contributed by atoms with Crippen molar-refractivity contribution >= 4 is 6.08 Å². The third-order valence-electron chi connectivity index (χ3n) is 2.53. The Morgan fingerprint density at radius 2 is 1.47 bits per heavy atom. The third-order valence-corrected chi connectivity index (χ3v) is 2.53. The van der Waals surface area contributed by atoms with E-state index in [9.17, 15) is 0 Å². The first-order chi connectivity index (χ1) is 7.40. The zero-order valence-electron chi connectivity index (χ0n) is 8.64. The van der Waals surface area contributed by atoms with Gasteiger partial charge in [0.25, 0.3) is 0 Å². The summed E-state index contributed by atoms with van der Waals surface area (Å²) in [6.45, 7) is 3.75. The molecule has 0 saturated heterocycles. The summed E-state index contributed by atoms with van der Waals surface area (Å²) in [5.74, 6) is 0.388. The van der Waals surface area contributed by atoms with E-state index < -0.39 is 0 Å². The van der Waals surface area contributed by atoms with Crippen molar-refractivity contribution in [1.82, 2.24) is 0 Å². The van der Waals surface area contributed by atoms with E-state index in [1.165, 1.54) is 11.1 Å². The van der Waals surface area contributed by atoms with Crippen LogP contribution in [0.15, 0.2) is 67.3 Å². The van der Waals surface area contributed by atoms with E-state index in [1.54, 1.807) is 0 Å². The molecule has 0 saturated carbocycles. The molecule has 0 heterocycles. The lowest BCUT2D eigenvalue weighted by molar-refractivity contribution is 1.08. The maximum absolute atomic E-state index is 3.75. The maximum Gasteiger partial charge on any atom is 0.0204 e. The minimum atomic E-state index is 0.388. The Balaban J connectivity index is 2.25. The molecular formula is C15H14. The average molecular weight is 194 g/mol. The minimum Gasteiger partial charge on any atom is -0.0985 e. The summed E-state index contributed by atoms with van der Waals surface area (Å²) in [6.07, 6.45) is 14.5. The predicted molar refractivity (Wildman–Crippen MR) is 66.7 cm³/mol. The van der Waals surface area contributed by atoms with Gasteiger partial charge in [-0.2, -0.15) is 0 Å². The Morgan fingerprint density at radius 1 is 0.867 bits per heavy atom. The van der Waals surface area contributed by atoms with Crippen molar-refractivity contribution < 1.29 is 0 Å². The van der Waals surface area contributed by atoms with Gasteiger partial charge in [0, 0.05) is 5.92 Å². The average Bonchev–Trinajstić information content (AvgIpc) is 2.58. The predicted octanol–water partition coefficient (Wildman–Crippen LogP) is 4.10. The molecule has 1 aromatic rings. The van der Waals surface area contributed by atoms with Gasteiger partial charge in [0.15, 0.2) is 0 Å². The fraction of sp³-hybridized carbons (Fsp3) is 0.0667. The molecular weight excluding hydrogens is 180 g/mol. The molecule has 0 aliphatic heterocycles. The van der Waals surface area contributed by atoms with E-state index in [4.69, 9.17) is 0 Å². The molecule has 74 valence electrons. The second kappa shape index (κ2) is 4.61. The summed E-state index contributed by atoms with van der Waals surface area (Å²) in [4.78, 5) is 0. The van der Waals surface area contributed by atoms with Crippen molar-refractivity contribution in [3.63, 3.8) is 0 Å². The number of rotatable bonds is 2. The van der Waals surface area contributed by atoms with Crippen LogP contribution < -0.4 is 0 Å². The monoisotopic (exact) mass is 194 g/mol. The fourth-order valence-corrected chi connectivity index (χ4v) is 1.64. The molecule has 0 bridgehead atoms. The van der Waals surface area contributed by atoms with Gasteiger partial charge in [-0.25, -0.2) is 0 Å². The molecule has 0 fully saturated rings. The molecule has 0 nitrogen and oxygen atoms in total. The molecule has 0 N–H and O–H groups in total. The third kappa shape index (κ3) is 2.35. The molecule has 15 heavy (non-hydrogen) atoms. The van der Waals surface area contributed by atoms with E-state index in [0.717, 1.165) is 0 Å². The van der Waals surface area contributed by atoms with E-state index in [0.29, 0.717) is 5.92 Å². The van der Waals surface area contributed by atoms with Crippen LogP contribution in [0.1, 0.15) is 17.0 Å². The first kappa shape index (κ1) is 9.72. The number of allylic oxidation sites excluding steroid dienone is 6. The van der Waals surface area contributed by atoms with Crippen LogP contribution in [0.5, 0.6) is 0 Å². The Labute approximate surface area is 91.0 Å². The molecule has 0 amide bonds. The van der Waals surface area contributed by atoms with Crippen molar-refractivity contribution in [2.75, 3.05) is 0 Å². The van der Waals surface area contributed by atoms with Gasteiger partial charge in [-0.1, -0.05) is 73.4 Å². The fourth-order valence-electron chi connectivity index (χ4n) is 1.64. The number of hydrogen-bond acceptors (Lipinski definition) is 0. The number of hydrogen-bond donors (Lipinski definition) is 0. The molecule has 1 aliphatic rings. The lowest BCUT2D eigenvalue weighted by Gasteiger charge is -2.07. The van der Waals surface area contributed by atoms with Crippen molar-refractivity contribution in [1.29, 1.82) is 0 Å². The zero-order valence-corrected chi connectivity index (χ0v) is 8.64. The van der Waals surface area contributed by atoms with E-state index in [-0.39, 0.29) is 0 Å². The molecule has 0 atom stereocenters. The van der Waals surface area contributed by atoms with Crippen LogP contribution in [-0.2, 0) is 0 Å². The summed E-state index contributed by atoms with van der Waals surface area (Å²) >= 11 is 0. The molecule has 0 aromatic heterocycles. The van der Waals surface area contributed by atoms with Crippen molar-refractivity contribution in [3.05, 3.63) is 78.4 Å². The number of benzene rings is 1. The van der Waals surface area contributed by atoms with E-state index in [2.05, 4.69) is 67.3 Å². The second-order valence-corrected chi connectivity index (χ2v) is 3.55. The molecule has 1 aliphatic carbocycles. The highest BCUT2D eigenvalue weighted by atomic mass is 14.1. The smallest absolute Gasteiger partial charge is 0.0204 e. The quantitative estimate of drug-likeness (QED) is 0.665. The van der Waals surface area contributed by atoms with Crippen LogP contribution in [0.4, 0.5) is 0 Å². The summed E-state index contributed by atoms with van der Waals surface area (Å²) in [5.41, 5.74) is 2.48. The van der Waals surface area contributed by atoms with Crippen LogP contribution in [0.25, 0.3) is 6.08 Å². The molecule has 0 spiro atoms. The molecule has 2 rings (SSSR count). The van der Waals surface area contributed by atoms with Crippen molar-refractivity contribution in [3.8, 4) is 0 Å². The minimum absolute atomic E-state index is 0.388. The topological polar surface area (TPSA) is 0 Å². The highest BCUT2D eigenvalue weighted by molar-refractivity contribution is 5.48. The summed E-state index contributed by atoms with van der Waals surface area (Å²) in [6, 6.07) is 8.51. The first-order valence-corrected chi connectivity index (χ1v) is 5.14. The summed E-state index contributed by atoms with van der Waals surface area (Å²) in [5, 5.41) is 0. The lowest BCUT2D eigenvalue weighted by atomic mass is 9.97. The Kier molecular flexibility index (Phi) is 2.99. The SMILES string of the molecule is C=Cc1ccc(C2C=CC=CC=C2)cc1. The van der Waals surface area contributed by atoms with Crippen LogP contribution >= 0.6 is 0 Å². The molecule has 1 aromatic carbocycles. The summed E-state index contributed by atoms with van der Waals surface area (Å²) in [7, 11) is 0. The zero-order chi connectivity index (χ0) is 10.5. The highest BCUT2D eigenvalue weighted by Gasteiger charge is 2.03. The molecule has 0 radical (unpaired) electrons. The Hall–Kier alpha value is -1.82.